The number of aryl methyl sites for hydroxylation is 1. The molecule has 2 heterocycles. The second-order valence-corrected chi connectivity index (χ2v) is 5.09. The molecular weight excluding hydrogens is 228 g/mol. The van der Waals surface area contributed by atoms with Gasteiger partial charge in [0.05, 0.1) is 5.69 Å². The molecule has 0 radical (unpaired) electrons. The van der Waals surface area contributed by atoms with E-state index in [4.69, 9.17) is 4.74 Å². The van der Waals surface area contributed by atoms with Crippen molar-refractivity contribution in [2.75, 3.05) is 26.8 Å². The van der Waals surface area contributed by atoms with Gasteiger partial charge in [0.25, 0.3) is 0 Å². The summed E-state index contributed by atoms with van der Waals surface area (Å²) in [5.74, 6) is 0.991. The van der Waals surface area contributed by atoms with Gasteiger partial charge in [0, 0.05) is 26.0 Å². The first-order chi connectivity index (χ1) is 8.69. The van der Waals surface area contributed by atoms with Crippen molar-refractivity contribution in [2.24, 2.45) is 5.92 Å². The highest BCUT2D eigenvalue weighted by Gasteiger charge is 2.20. The first-order valence-electron chi connectivity index (χ1n) is 6.56. The maximum absolute atomic E-state index is 9.79. The molecular formula is C14H22N2O2. The number of methoxy groups -OCH3 is 1. The summed E-state index contributed by atoms with van der Waals surface area (Å²) in [6.07, 6.45) is 2.33. The standard InChI is InChI=1S/C14H22N2O2/c1-11-3-4-14(17)13(15-11)9-16-7-5-12(6-8-16)10-18-2/h3-4,12,17H,5-10H2,1-2H3. The molecule has 0 atom stereocenters. The van der Waals surface area contributed by atoms with Crippen molar-refractivity contribution in [1.82, 2.24) is 9.88 Å². The molecule has 2 rings (SSSR count). The summed E-state index contributed by atoms with van der Waals surface area (Å²) in [4.78, 5) is 6.76. The molecule has 18 heavy (non-hydrogen) atoms. The zero-order valence-corrected chi connectivity index (χ0v) is 11.2. The number of aromatic nitrogens is 1. The normalized spacial score (nSPS) is 18.1. The van der Waals surface area contributed by atoms with Gasteiger partial charge in [-0.3, -0.25) is 9.88 Å². The van der Waals surface area contributed by atoms with Gasteiger partial charge in [-0.1, -0.05) is 0 Å². The molecule has 0 aromatic carbocycles. The number of piperidine rings is 1. The van der Waals surface area contributed by atoms with Crippen LogP contribution >= 0.6 is 0 Å². The monoisotopic (exact) mass is 250 g/mol. The lowest BCUT2D eigenvalue weighted by Gasteiger charge is -2.31. The summed E-state index contributed by atoms with van der Waals surface area (Å²) >= 11 is 0. The molecule has 4 heteroatoms. The van der Waals surface area contributed by atoms with E-state index in [0.717, 1.165) is 37.6 Å². The maximum Gasteiger partial charge on any atom is 0.138 e. The Kier molecular flexibility index (Phi) is 4.55. The minimum atomic E-state index is 0.305. The molecule has 1 saturated heterocycles. The molecule has 1 aromatic rings. The molecule has 0 aliphatic carbocycles. The molecule has 0 saturated carbocycles. The summed E-state index contributed by atoms with van der Waals surface area (Å²) in [6.45, 7) is 5.68. The molecule has 4 nitrogen and oxygen atoms in total. The molecule has 0 amide bonds. The number of pyridine rings is 1. The largest absolute Gasteiger partial charge is 0.506 e. The number of aromatic hydroxyl groups is 1. The predicted octanol–water partition coefficient (Wildman–Crippen LogP) is 1.95. The summed E-state index contributed by atoms with van der Waals surface area (Å²) in [5.41, 5.74) is 1.75. The fourth-order valence-corrected chi connectivity index (χ4v) is 2.48. The van der Waals surface area contributed by atoms with E-state index in [0.29, 0.717) is 11.7 Å². The van der Waals surface area contributed by atoms with Crippen molar-refractivity contribution in [2.45, 2.75) is 26.3 Å². The van der Waals surface area contributed by atoms with Crippen LogP contribution in [-0.2, 0) is 11.3 Å². The SMILES string of the molecule is COCC1CCN(Cc2nc(C)ccc2O)CC1. The van der Waals surface area contributed by atoms with Gasteiger partial charge in [-0.05, 0) is 50.9 Å². The van der Waals surface area contributed by atoms with E-state index in [9.17, 15) is 5.11 Å². The number of likely N-dealkylation sites (tertiary alicyclic amines) is 1. The topological polar surface area (TPSA) is 45.6 Å². The summed E-state index contributed by atoms with van der Waals surface area (Å²) in [5, 5.41) is 9.79. The first-order valence-corrected chi connectivity index (χ1v) is 6.56. The van der Waals surface area contributed by atoms with Crippen molar-refractivity contribution in [1.29, 1.82) is 0 Å². The second kappa shape index (κ2) is 6.16. The quantitative estimate of drug-likeness (QED) is 0.887. The molecule has 0 spiro atoms. The van der Waals surface area contributed by atoms with E-state index in [-0.39, 0.29) is 0 Å². The number of rotatable bonds is 4. The third kappa shape index (κ3) is 3.43. The Bertz CT molecular complexity index is 387. The van der Waals surface area contributed by atoms with Crippen LogP contribution in [0.15, 0.2) is 12.1 Å². The van der Waals surface area contributed by atoms with E-state index < -0.39 is 0 Å². The van der Waals surface area contributed by atoms with Crippen molar-refractivity contribution < 1.29 is 9.84 Å². The van der Waals surface area contributed by atoms with Gasteiger partial charge in [-0.15, -0.1) is 0 Å². The fourth-order valence-electron chi connectivity index (χ4n) is 2.48. The van der Waals surface area contributed by atoms with Gasteiger partial charge in [0.15, 0.2) is 0 Å². The van der Waals surface area contributed by atoms with Crippen molar-refractivity contribution in [3.8, 4) is 5.75 Å². The molecule has 0 unspecified atom stereocenters. The van der Waals surface area contributed by atoms with E-state index in [2.05, 4.69) is 9.88 Å². The van der Waals surface area contributed by atoms with Gasteiger partial charge in [-0.25, -0.2) is 0 Å². The Labute approximate surface area is 109 Å². The van der Waals surface area contributed by atoms with Crippen molar-refractivity contribution in [3.05, 3.63) is 23.5 Å². The highest BCUT2D eigenvalue weighted by atomic mass is 16.5. The van der Waals surface area contributed by atoms with Gasteiger partial charge < -0.3 is 9.84 Å². The zero-order chi connectivity index (χ0) is 13.0. The summed E-state index contributed by atoms with van der Waals surface area (Å²) < 4.78 is 5.20. The first kappa shape index (κ1) is 13.3. The van der Waals surface area contributed by atoms with Gasteiger partial charge in [0.1, 0.15) is 5.75 Å². The lowest BCUT2D eigenvalue weighted by molar-refractivity contribution is 0.0959. The third-order valence-corrected chi connectivity index (χ3v) is 3.57. The molecule has 1 aromatic heterocycles. The van der Waals surface area contributed by atoms with E-state index in [1.165, 1.54) is 12.8 Å². The highest BCUT2D eigenvalue weighted by molar-refractivity contribution is 5.27. The van der Waals surface area contributed by atoms with Gasteiger partial charge in [-0.2, -0.15) is 0 Å². The Hall–Kier alpha value is -1.13. The Morgan fingerprint density at radius 3 is 2.78 bits per heavy atom. The van der Waals surface area contributed by atoms with Crippen LogP contribution in [0.2, 0.25) is 0 Å². The number of nitrogens with zero attached hydrogens (tertiary/aromatic N) is 2. The minimum absolute atomic E-state index is 0.305. The summed E-state index contributed by atoms with van der Waals surface area (Å²) in [7, 11) is 1.76. The average Bonchev–Trinajstić information content (AvgIpc) is 2.37. The van der Waals surface area contributed by atoms with Crippen LogP contribution in [0.5, 0.6) is 5.75 Å². The number of hydrogen-bond acceptors (Lipinski definition) is 4. The third-order valence-electron chi connectivity index (χ3n) is 3.57. The molecule has 100 valence electrons. The van der Waals surface area contributed by atoms with Crippen molar-refractivity contribution >= 4 is 0 Å². The van der Waals surface area contributed by atoms with Crippen LogP contribution in [0.4, 0.5) is 0 Å². The second-order valence-electron chi connectivity index (χ2n) is 5.09. The average molecular weight is 250 g/mol. The van der Waals surface area contributed by atoms with E-state index >= 15 is 0 Å². The Balaban J connectivity index is 1.89. The van der Waals surface area contributed by atoms with Crippen LogP contribution in [0, 0.1) is 12.8 Å². The van der Waals surface area contributed by atoms with Crippen LogP contribution in [-0.4, -0.2) is 41.8 Å². The summed E-state index contributed by atoms with van der Waals surface area (Å²) in [6, 6.07) is 3.57. The Morgan fingerprint density at radius 2 is 2.11 bits per heavy atom. The van der Waals surface area contributed by atoms with E-state index in [1.807, 2.05) is 13.0 Å². The van der Waals surface area contributed by atoms with Crippen molar-refractivity contribution in [3.63, 3.8) is 0 Å². The zero-order valence-electron chi connectivity index (χ0n) is 11.2. The smallest absolute Gasteiger partial charge is 0.138 e. The van der Waals surface area contributed by atoms with Crippen LogP contribution in [0.3, 0.4) is 0 Å². The molecule has 1 aliphatic rings. The van der Waals surface area contributed by atoms with Crippen LogP contribution < -0.4 is 0 Å². The predicted molar refractivity (Wildman–Crippen MR) is 70.5 cm³/mol. The molecule has 1 N–H and O–H groups in total. The van der Waals surface area contributed by atoms with Crippen LogP contribution in [0.1, 0.15) is 24.2 Å². The van der Waals surface area contributed by atoms with Gasteiger partial charge in [0.2, 0.25) is 0 Å². The Morgan fingerprint density at radius 1 is 1.39 bits per heavy atom. The number of ether oxygens (including phenoxy) is 1. The lowest BCUT2D eigenvalue weighted by Crippen LogP contribution is -2.34. The maximum atomic E-state index is 9.79. The van der Waals surface area contributed by atoms with E-state index in [1.54, 1.807) is 13.2 Å². The molecule has 0 bridgehead atoms. The lowest BCUT2D eigenvalue weighted by atomic mass is 9.98. The number of hydrogen-bond donors (Lipinski definition) is 1. The molecule has 1 aliphatic heterocycles. The highest BCUT2D eigenvalue weighted by Crippen LogP contribution is 2.22. The van der Waals surface area contributed by atoms with Gasteiger partial charge >= 0.3 is 0 Å². The van der Waals surface area contributed by atoms with Crippen LogP contribution in [0.25, 0.3) is 0 Å². The minimum Gasteiger partial charge on any atom is -0.506 e. The fraction of sp³-hybridized carbons (Fsp3) is 0.643. The molecule has 1 fully saturated rings.